The third-order valence-corrected chi connectivity index (χ3v) is 11.7. The van der Waals surface area contributed by atoms with Gasteiger partial charge in [0, 0.05) is 13.0 Å². The van der Waals surface area contributed by atoms with Crippen molar-refractivity contribution in [3.05, 3.63) is 72.9 Å². The highest BCUT2D eigenvalue weighted by atomic mass is 31.2. The van der Waals surface area contributed by atoms with Crippen LogP contribution in [0, 0.1) is 0 Å². The van der Waals surface area contributed by atoms with Crippen molar-refractivity contribution in [1.82, 2.24) is 0 Å². The first-order valence-electron chi connectivity index (χ1n) is 25.7. The van der Waals surface area contributed by atoms with Crippen LogP contribution in [0.25, 0.3) is 0 Å². The fourth-order valence-electron chi connectivity index (χ4n) is 6.81. The summed E-state index contributed by atoms with van der Waals surface area (Å²) in [5.74, 6) is -0.322. The van der Waals surface area contributed by atoms with Crippen LogP contribution in [0.3, 0.4) is 0 Å². The molecular formula is C54H99NO7P+. The number of hydrogen-bond donors (Lipinski definition) is 1. The maximum Gasteiger partial charge on any atom is 0.472 e. The summed E-state index contributed by atoms with van der Waals surface area (Å²) in [6, 6.07) is 0. The predicted octanol–water partition coefficient (Wildman–Crippen LogP) is 15.8. The molecule has 0 saturated heterocycles. The van der Waals surface area contributed by atoms with E-state index in [1.54, 1.807) is 0 Å². The Morgan fingerprint density at radius 1 is 0.508 bits per heavy atom. The van der Waals surface area contributed by atoms with E-state index in [1.807, 2.05) is 21.1 Å². The average molecular weight is 905 g/mol. The van der Waals surface area contributed by atoms with Gasteiger partial charge in [-0.3, -0.25) is 13.8 Å². The fourth-order valence-corrected chi connectivity index (χ4v) is 7.55. The van der Waals surface area contributed by atoms with Crippen LogP contribution in [-0.4, -0.2) is 75.6 Å². The number of phosphoric ester groups is 1. The zero-order valence-electron chi connectivity index (χ0n) is 41.5. The molecule has 8 nitrogen and oxygen atoms in total. The van der Waals surface area contributed by atoms with Gasteiger partial charge in [0.2, 0.25) is 0 Å². The molecule has 366 valence electrons. The van der Waals surface area contributed by atoms with Crippen molar-refractivity contribution in [3.8, 4) is 0 Å². The second-order valence-electron chi connectivity index (χ2n) is 18.2. The summed E-state index contributed by atoms with van der Waals surface area (Å²) in [4.78, 5) is 23.0. The van der Waals surface area contributed by atoms with Gasteiger partial charge in [0.1, 0.15) is 19.3 Å². The topological polar surface area (TPSA) is 91.3 Å². The maximum atomic E-state index is 12.8. The van der Waals surface area contributed by atoms with Crippen molar-refractivity contribution in [2.75, 3.05) is 54.1 Å². The minimum absolute atomic E-state index is 0.0834. The molecule has 2 atom stereocenters. The van der Waals surface area contributed by atoms with Gasteiger partial charge >= 0.3 is 13.8 Å². The Hall–Kier alpha value is -2.06. The number of unbranched alkanes of at least 4 members (excludes halogenated alkanes) is 21. The zero-order valence-corrected chi connectivity index (χ0v) is 42.4. The highest BCUT2D eigenvalue weighted by Gasteiger charge is 2.26. The number of phosphoric acid groups is 1. The van der Waals surface area contributed by atoms with Crippen molar-refractivity contribution in [1.29, 1.82) is 0 Å². The van der Waals surface area contributed by atoms with E-state index in [0.29, 0.717) is 24.1 Å². The van der Waals surface area contributed by atoms with Crippen LogP contribution in [-0.2, 0) is 27.9 Å². The van der Waals surface area contributed by atoms with Gasteiger partial charge in [0.15, 0.2) is 0 Å². The standard InChI is InChI=1S/C54H98NO7P/c1-6-8-10-12-14-16-18-20-22-24-26-27-28-30-32-34-36-38-40-42-44-46-49-59-51-53(52-61-63(57,58)60-50-48-55(3,4)5)62-54(56)47-45-43-41-39-37-35-33-31-29-25-23-21-19-17-15-13-11-9-7-2/h8,10,14-17,20-23,26-27,53H,6-7,9,11-13,18-19,24-25,28-52H2,1-5H3/p+1/b10-8-,16-14-,17-15-,22-20-,23-21-,27-26-. The van der Waals surface area contributed by atoms with Crippen LogP contribution in [0.1, 0.15) is 206 Å². The summed E-state index contributed by atoms with van der Waals surface area (Å²) in [6.45, 7) is 5.47. The van der Waals surface area contributed by atoms with Crippen molar-refractivity contribution >= 4 is 13.8 Å². The number of hydrogen-bond acceptors (Lipinski definition) is 6. The maximum absolute atomic E-state index is 12.8. The fraction of sp³-hybridized carbons (Fsp3) is 0.759. The van der Waals surface area contributed by atoms with E-state index >= 15 is 0 Å². The Bertz CT molecular complexity index is 1230. The zero-order chi connectivity index (χ0) is 46.2. The molecule has 2 unspecified atom stereocenters. The Morgan fingerprint density at radius 3 is 1.38 bits per heavy atom. The lowest BCUT2D eigenvalue weighted by Crippen LogP contribution is -2.37. The number of ether oxygens (including phenoxy) is 2. The molecule has 9 heteroatoms. The van der Waals surface area contributed by atoms with Gasteiger partial charge in [-0.15, -0.1) is 0 Å². The molecule has 0 radical (unpaired) electrons. The highest BCUT2D eigenvalue weighted by Crippen LogP contribution is 2.43. The Balaban J connectivity index is 4.17. The Morgan fingerprint density at radius 2 is 0.921 bits per heavy atom. The number of carbonyl (C=O) groups excluding carboxylic acids is 1. The minimum atomic E-state index is -4.29. The second-order valence-corrected chi connectivity index (χ2v) is 19.6. The van der Waals surface area contributed by atoms with Crippen molar-refractivity contribution in [3.63, 3.8) is 0 Å². The largest absolute Gasteiger partial charge is 0.472 e. The molecule has 0 saturated carbocycles. The molecule has 0 aromatic heterocycles. The molecular weight excluding hydrogens is 806 g/mol. The van der Waals surface area contributed by atoms with Gasteiger partial charge in [-0.25, -0.2) is 4.57 Å². The van der Waals surface area contributed by atoms with Crippen LogP contribution in [0.4, 0.5) is 0 Å². The van der Waals surface area contributed by atoms with Crippen molar-refractivity contribution in [2.45, 2.75) is 213 Å². The summed E-state index contributed by atoms with van der Waals surface area (Å²) < 4.78 is 35.2. The molecule has 1 N–H and O–H groups in total. The van der Waals surface area contributed by atoms with Crippen LogP contribution >= 0.6 is 7.82 Å². The van der Waals surface area contributed by atoms with Gasteiger partial charge in [-0.1, -0.05) is 189 Å². The number of nitrogens with zero attached hydrogens (tertiary/aromatic N) is 1. The number of esters is 1. The summed E-state index contributed by atoms with van der Waals surface area (Å²) in [7, 11) is 1.65. The molecule has 0 aliphatic rings. The van der Waals surface area contributed by atoms with E-state index in [1.165, 1.54) is 122 Å². The smallest absolute Gasteiger partial charge is 0.457 e. The van der Waals surface area contributed by atoms with E-state index in [4.69, 9.17) is 18.5 Å². The van der Waals surface area contributed by atoms with Crippen LogP contribution in [0.2, 0.25) is 0 Å². The van der Waals surface area contributed by atoms with Crippen LogP contribution in [0.15, 0.2) is 72.9 Å². The van der Waals surface area contributed by atoms with E-state index < -0.39 is 13.9 Å². The van der Waals surface area contributed by atoms with Crippen molar-refractivity contribution < 1.29 is 37.3 Å². The van der Waals surface area contributed by atoms with E-state index in [0.717, 1.165) is 64.2 Å². The Labute approximate surface area is 389 Å². The summed E-state index contributed by atoms with van der Waals surface area (Å²) in [5.41, 5.74) is 0. The van der Waals surface area contributed by atoms with Crippen LogP contribution < -0.4 is 0 Å². The first-order valence-corrected chi connectivity index (χ1v) is 27.2. The number of quaternary nitrogens is 1. The first-order chi connectivity index (χ1) is 30.6. The van der Waals surface area contributed by atoms with E-state index in [9.17, 15) is 14.3 Å². The lowest BCUT2D eigenvalue weighted by Gasteiger charge is -2.24. The number of rotatable bonds is 47. The molecule has 0 aromatic rings. The number of carbonyl (C=O) groups is 1. The van der Waals surface area contributed by atoms with Gasteiger partial charge in [-0.05, 0) is 83.5 Å². The number of allylic oxidation sites excluding steroid dienone is 12. The third-order valence-electron chi connectivity index (χ3n) is 10.8. The molecule has 0 amide bonds. The first kappa shape index (κ1) is 60.9. The van der Waals surface area contributed by atoms with E-state index in [-0.39, 0.29) is 25.8 Å². The average Bonchev–Trinajstić information content (AvgIpc) is 3.24. The van der Waals surface area contributed by atoms with Crippen molar-refractivity contribution in [2.24, 2.45) is 0 Å². The number of likely N-dealkylation sites (N-methyl/N-ethyl adjacent to an activating group) is 1. The molecule has 0 heterocycles. The van der Waals surface area contributed by atoms with Gasteiger partial charge in [0.05, 0.1) is 34.4 Å². The quantitative estimate of drug-likeness (QED) is 0.0214. The second kappa shape index (κ2) is 46.5. The van der Waals surface area contributed by atoms with Gasteiger partial charge in [-0.2, -0.15) is 0 Å². The normalized spacial score (nSPS) is 14.2. The lowest BCUT2D eigenvalue weighted by molar-refractivity contribution is -0.870. The molecule has 63 heavy (non-hydrogen) atoms. The Kier molecular flexibility index (Phi) is 44.9. The molecule has 0 rings (SSSR count). The minimum Gasteiger partial charge on any atom is -0.457 e. The third kappa shape index (κ3) is 50.8. The lowest BCUT2D eigenvalue weighted by atomic mass is 10.1. The van der Waals surface area contributed by atoms with Gasteiger partial charge in [0.25, 0.3) is 0 Å². The molecule has 0 spiro atoms. The summed E-state index contributed by atoms with van der Waals surface area (Å²) >= 11 is 0. The SMILES string of the molecule is CC/C=C\C/C=C\C/C=C\C/C=C\CCCCCCCCCCCOCC(COP(=O)(O)OCC[N+](C)(C)C)OC(=O)CCCCCCCCCCC/C=C\C/C=C\CCCCC. The van der Waals surface area contributed by atoms with Crippen LogP contribution in [0.5, 0.6) is 0 Å². The molecule has 0 aliphatic carbocycles. The highest BCUT2D eigenvalue weighted by molar-refractivity contribution is 7.47. The van der Waals surface area contributed by atoms with E-state index in [2.05, 4.69) is 86.8 Å². The predicted molar refractivity (Wildman–Crippen MR) is 270 cm³/mol. The summed E-state index contributed by atoms with van der Waals surface area (Å²) in [5, 5.41) is 0. The molecule has 0 aliphatic heterocycles. The molecule has 0 bridgehead atoms. The molecule has 0 fully saturated rings. The van der Waals surface area contributed by atoms with Gasteiger partial charge < -0.3 is 18.9 Å². The monoisotopic (exact) mass is 905 g/mol. The molecule has 0 aromatic carbocycles. The summed E-state index contributed by atoms with van der Waals surface area (Å²) in [6.07, 6.45) is 60.8.